The van der Waals surface area contributed by atoms with Crippen LogP contribution in [0.2, 0.25) is 0 Å². The summed E-state index contributed by atoms with van der Waals surface area (Å²) in [6, 6.07) is 3.51. The topological polar surface area (TPSA) is 158 Å². The van der Waals surface area contributed by atoms with Crippen LogP contribution in [0.15, 0.2) is 48.1 Å². The predicted octanol–water partition coefficient (Wildman–Crippen LogP) is -1.28. The Morgan fingerprint density at radius 1 is 1.21 bits per heavy atom. The number of carboxylic acid groups (broad SMARTS) is 1. The van der Waals surface area contributed by atoms with Crippen molar-refractivity contribution >= 4 is 15.8 Å². The zero-order valence-corrected chi connectivity index (χ0v) is 15.1. The van der Waals surface area contributed by atoms with Gasteiger partial charge >= 0.3 is 6.18 Å². The first-order chi connectivity index (χ1) is 13.6. The normalized spacial score (nSPS) is 11.4. The fourth-order valence-corrected chi connectivity index (χ4v) is 2.79. The van der Waals surface area contributed by atoms with Crippen LogP contribution >= 0.6 is 0 Å². The molecule has 0 fully saturated rings. The van der Waals surface area contributed by atoms with E-state index < -0.39 is 22.0 Å². The van der Waals surface area contributed by atoms with Gasteiger partial charge in [0, 0.05) is 24.0 Å². The monoisotopic (exact) mass is 431 g/mol. The summed E-state index contributed by atoms with van der Waals surface area (Å²) in [5, 5.41) is 22.3. The van der Waals surface area contributed by atoms with E-state index in [2.05, 4.69) is 30.5 Å². The fraction of sp³-hybridized carbons (Fsp3) is 0.214. The van der Waals surface area contributed by atoms with Gasteiger partial charge in [0.1, 0.15) is 17.9 Å². The van der Waals surface area contributed by atoms with Crippen LogP contribution < -0.4 is 9.79 Å². The largest absolute Gasteiger partial charge is 0.542 e. The molecule has 0 aliphatic carbocycles. The van der Waals surface area contributed by atoms with Crippen LogP contribution in [0.3, 0.4) is 0 Å². The van der Waals surface area contributed by atoms with Gasteiger partial charge in [-0.1, -0.05) is 4.68 Å². The quantitative estimate of drug-likeness (QED) is 0.485. The number of nitrogens with zero attached hydrogens (tertiary/aromatic N) is 6. The van der Waals surface area contributed by atoms with Crippen LogP contribution in [0.1, 0.15) is 0 Å². The van der Waals surface area contributed by atoms with Gasteiger partial charge in [0.2, 0.25) is 9.84 Å². The van der Waals surface area contributed by atoms with Crippen LogP contribution in [0.4, 0.5) is 13.2 Å². The van der Waals surface area contributed by atoms with E-state index in [-0.39, 0.29) is 17.3 Å². The van der Waals surface area contributed by atoms with Gasteiger partial charge in [-0.15, -0.1) is 5.10 Å². The van der Waals surface area contributed by atoms with Crippen molar-refractivity contribution in [3.8, 4) is 11.4 Å². The number of alkyl halides is 3. The molecule has 0 atom stereocenters. The summed E-state index contributed by atoms with van der Waals surface area (Å²) in [7, 11) is -3.47. The van der Waals surface area contributed by atoms with Gasteiger partial charge in [0.05, 0.1) is 6.20 Å². The molecule has 0 saturated carbocycles. The van der Waals surface area contributed by atoms with E-state index in [1.54, 1.807) is 36.9 Å². The van der Waals surface area contributed by atoms with E-state index >= 15 is 0 Å². The van der Waals surface area contributed by atoms with Crippen LogP contribution in [-0.2, 0) is 21.2 Å². The van der Waals surface area contributed by atoms with Crippen molar-refractivity contribution in [2.24, 2.45) is 0 Å². The van der Waals surface area contributed by atoms with Crippen molar-refractivity contribution in [3.63, 3.8) is 0 Å². The van der Waals surface area contributed by atoms with E-state index in [9.17, 15) is 21.6 Å². The number of aliphatic carboxylic acids is 1. The average molecular weight is 431 g/mol. The van der Waals surface area contributed by atoms with Gasteiger partial charge in [-0.2, -0.15) is 23.5 Å². The summed E-state index contributed by atoms with van der Waals surface area (Å²) in [4.78, 5) is 17.0. The first-order valence-electron chi connectivity index (χ1n) is 7.59. The minimum absolute atomic E-state index is 0.0672. The highest BCUT2D eigenvalue weighted by atomic mass is 32.2. The number of halogens is 3. The maximum Gasteiger partial charge on any atom is 0.430 e. The molecule has 0 bridgehead atoms. The van der Waals surface area contributed by atoms with Gasteiger partial charge in [-0.3, -0.25) is 0 Å². The predicted molar refractivity (Wildman–Crippen MR) is 85.0 cm³/mol. The number of carbonyl (C=O) groups is 1. The number of rotatable bonds is 5. The van der Waals surface area contributed by atoms with Crippen molar-refractivity contribution in [2.45, 2.75) is 17.7 Å². The molecule has 0 aliphatic rings. The fourth-order valence-electron chi connectivity index (χ4n) is 1.76. The van der Waals surface area contributed by atoms with Crippen molar-refractivity contribution in [1.82, 2.24) is 30.5 Å². The lowest BCUT2D eigenvalue weighted by atomic mass is 10.3. The van der Waals surface area contributed by atoms with Crippen molar-refractivity contribution < 1.29 is 36.2 Å². The Balaban J connectivity index is 0.000000370. The number of sulfone groups is 1. The average Bonchev–Trinajstić information content (AvgIpc) is 3.23. The SMILES string of the molecule is O=C([O-])C(F)(F)F.O=S(=O)(CC[n+]1ccc(-c2ncccn2)cn1)c1cn[nH]n1. The standard InChI is InChI=1S/C12H12N7O2S.C2HF3O2/c20-22(21,11-9-15-18-17-11)7-6-19-5-2-10(8-16-19)12-13-3-1-4-14-12;3-2(4,5)1(6)7/h1-5,8-9H,6-7H2,(H,15,17,18);(H,6,7)/q+1;/p-1. The lowest BCUT2D eigenvalue weighted by Gasteiger charge is -2.03. The Morgan fingerprint density at radius 2 is 1.86 bits per heavy atom. The summed E-state index contributed by atoms with van der Waals surface area (Å²) >= 11 is 0. The lowest BCUT2D eigenvalue weighted by molar-refractivity contribution is -0.749. The molecule has 0 aromatic carbocycles. The molecule has 0 unspecified atom stereocenters. The maximum absolute atomic E-state index is 12.0. The number of carbonyl (C=O) groups excluding carboxylic acids is 1. The highest BCUT2D eigenvalue weighted by molar-refractivity contribution is 7.91. The lowest BCUT2D eigenvalue weighted by Crippen LogP contribution is -2.40. The molecule has 0 radical (unpaired) electrons. The van der Waals surface area contributed by atoms with Gasteiger partial charge in [-0.25, -0.2) is 18.4 Å². The first-order valence-corrected chi connectivity index (χ1v) is 9.24. The molecule has 15 heteroatoms. The van der Waals surface area contributed by atoms with Gasteiger partial charge < -0.3 is 9.90 Å². The molecular weight excluding hydrogens is 419 g/mol. The van der Waals surface area contributed by atoms with Gasteiger partial charge in [-0.05, 0) is 11.2 Å². The van der Waals surface area contributed by atoms with Crippen molar-refractivity contribution in [1.29, 1.82) is 0 Å². The number of carboxylic acids is 1. The molecule has 3 aromatic rings. The molecule has 3 heterocycles. The third-order valence-electron chi connectivity index (χ3n) is 3.13. The second kappa shape index (κ2) is 9.13. The zero-order chi connectivity index (χ0) is 21.5. The number of aromatic amines is 1. The number of nitrogens with one attached hydrogen (secondary N) is 1. The molecule has 0 saturated heterocycles. The number of H-pyrrole nitrogens is 1. The van der Waals surface area contributed by atoms with Crippen molar-refractivity contribution in [3.05, 3.63) is 43.1 Å². The van der Waals surface area contributed by atoms with Gasteiger partial charge in [0.15, 0.2) is 23.6 Å². The summed E-state index contributed by atoms with van der Waals surface area (Å²) in [6.07, 6.45) is 2.56. The number of aryl methyl sites for hydroxylation is 1. The summed E-state index contributed by atoms with van der Waals surface area (Å²) < 4.78 is 57.0. The van der Waals surface area contributed by atoms with Crippen LogP contribution in [0, 0.1) is 0 Å². The Labute approximate surface area is 161 Å². The minimum Gasteiger partial charge on any atom is -0.542 e. The van der Waals surface area contributed by atoms with E-state index in [0.717, 1.165) is 5.56 Å². The van der Waals surface area contributed by atoms with Gasteiger partial charge in [0.25, 0.3) is 0 Å². The third-order valence-corrected chi connectivity index (χ3v) is 4.68. The first kappa shape index (κ1) is 21.8. The molecule has 0 aliphatic heterocycles. The van der Waals surface area contributed by atoms with Crippen LogP contribution in [-0.4, -0.2) is 56.8 Å². The number of hydrogen-bond acceptors (Lipinski definition) is 9. The summed E-state index contributed by atoms with van der Waals surface area (Å²) in [6.45, 7) is 0.213. The third kappa shape index (κ3) is 6.56. The number of hydrogen-bond donors (Lipinski definition) is 1. The molecule has 154 valence electrons. The molecule has 3 aromatic heterocycles. The maximum atomic E-state index is 12.0. The van der Waals surface area contributed by atoms with Crippen LogP contribution in [0.25, 0.3) is 11.4 Å². The Morgan fingerprint density at radius 3 is 2.34 bits per heavy atom. The second-order valence-electron chi connectivity index (χ2n) is 5.16. The van der Waals surface area contributed by atoms with Crippen molar-refractivity contribution in [2.75, 3.05) is 5.75 Å². The molecule has 3 rings (SSSR count). The zero-order valence-electron chi connectivity index (χ0n) is 14.3. The van der Waals surface area contributed by atoms with E-state index in [0.29, 0.717) is 5.82 Å². The second-order valence-corrected chi connectivity index (χ2v) is 7.22. The smallest absolute Gasteiger partial charge is 0.430 e. The molecular formula is C14H12F3N7O4S. The summed E-state index contributed by atoms with van der Waals surface area (Å²) in [5.74, 6) is -2.55. The van der Waals surface area contributed by atoms with E-state index in [1.807, 2.05) is 0 Å². The minimum atomic E-state index is -5.19. The Bertz CT molecular complexity index is 1030. The number of aromatic nitrogens is 7. The Kier molecular flexibility index (Phi) is 6.87. The highest BCUT2D eigenvalue weighted by Gasteiger charge is 2.28. The molecule has 0 spiro atoms. The Hall–Kier alpha value is -3.49. The molecule has 29 heavy (non-hydrogen) atoms. The van der Waals surface area contributed by atoms with Crippen LogP contribution in [0.5, 0.6) is 0 Å². The van der Waals surface area contributed by atoms with E-state index in [1.165, 1.54) is 10.9 Å². The highest BCUT2D eigenvalue weighted by Crippen LogP contribution is 2.11. The molecule has 1 N–H and O–H groups in total. The molecule has 0 amide bonds. The summed E-state index contributed by atoms with van der Waals surface area (Å²) in [5.41, 5.74) is 0.760. The molecule has 11 nitrogen and oxygen atoms in total. The van der Waals surface area contributed by atoms with E-state index in [4.69, 9.17) is 9.90 Å².